The number of carbonyl (C=O) groups excluding carboxylic acids is 2. The Morgan fingerprint density at radius 3 is 2.53 bits per heavy atom. The Hall–Kier alpha value is -1.10. The molecule has 1 unspecified atom stereocenters. The van der Waals surface area contributed by atoms with E-state index in [9.17, 15) is 14.7 Å². The number of carbonyl (C=O) groups is 2. The second kappa shape index (κ2) is 6.89. The number of hydrogen-bond donors (Lipinski definition) is 2. The van der Waals surface area contributed by atoms with E-state index in [4.69, 9.17) is 0 Å². The Morgan fingerprint density at radius 1 is 1.42 bits per heavy atom. The van der Waals surface area contributed by atoms with E-state index in [1.54, 1.807) is 4.90 Å². The lowest BCUT2D eigenvalue weighted by Crippen LogP contribution is -2.44. The summed E-state index contributed by atoms with van der Waals surface area (Å²) in [6.45, 7) is 9.15. The van der Waals surface area contributed by atoms with Crippen molar-refractivity contribution in [1.82, 2.24) is 10.2 Å². The molecule has 5 heteroatoms. The molecule has 0 aromatic heterocycles. The van der Waals surface area contributed by atoms with Gasteiger partial charge in [0.05, 0.1) is 18.6 Å². The molecule has 0 saturated carbocycles. The van der Waals surface area contributed by atoms with Crippen molar-refractivity contribution >= 4 is 11.8 Å². The Labute approximate surface area is 115 Å². The molecule has 2 amide bonds. The third-order valence-corrected chi connectivity index (χ3v) is 3.50. The van der Waals surface area contributed by atoms with Gasteiger partial charge in [-0.2, -0.15) is 0 Å². The van der Waals surface area contributed by atoms with Crippen LogP contribution in [0, 0.1) is 17.8 Å². The lowest BCUT2D eigenvalue weighted by molar-refractivity contribution is -0.129. The highest BCUT2D eigenvalue weighted by Crippen LogP contribution is 2.19. The molecule has 0 bridgehead atoms. The largest absolute Gasteiger partial charge is 0.394 e. The van der Waals surface area contributed by atoms with Gasteiger partial charge >= 0.3 is 0 Å². The van der Waals surface area contributed by atoms with Gasteiger partial charge in [0.1, 0.15) is 0 Å². The molecule has 2 atom stereocenters. The maximum absolute atomic E-state index is 12.1. The molecule has 0 radical (unpaired) electrons. The standard InChI is InChI=1S/C14H26N2O3/c1-9(2)6-16-7-11(5-13(16)18)14(19)15-12(8-17)10(3)4/h9-12,17H,5-8H2,1-4H3,(H,15,19)/t11?,12-/m1/s1. The van der Waals surface area contributed by atoms with Crippen molar-refractivity contribution in [3.05, 3.63) is 0 Å². The van der Waals surface area contributed by atoms with Crippen molar-refractivity contribution in [3.8, 4) is 0 Å². The van der Waals surface area contributed by atoms with Crippen LogP contribution < -0.4 is 5.32 Å². The Morgan fingerprint density at radius 2 is 2.05 bits per heavy atom. The highest BCUT2D eigenvalue weighted by molar-refractivity contribution is 5.89. The summed E-state index contributed by atoms with van der Waals surface area (Å²) in [6, 6.07) is -0.234. The predicted octanol–water partition coefficient (Wildman–Crippen LogP) is 0.624. The number of nitrogens with one attached hydrogen (secondary N) is 1. The second-order valence-corrected chi connectivity index (χ2v) is 6.14. The lowest BCUT2D eigenvalue weighted by atomic mass is 10.0. The van der Waals surface area contributed by atoms with Gasteiger partial charge in [-0.15, -0.1) is 0 Å². The van der Waals surface area contributed by atoms with Gasteiger partial charge in [-0.1, -0.05) is 27.7 Å². The van der Waals surface area contributed by atoms with Crippen LogP contribution in [0.3, 0.4) is 0 Å². The fourth-order valence-electron chi connectivity index (χ4n) is 2.29. The minimum absolute atomic E-state index is 0.0546. The molecule has 1 rings (SSSR count). The quantitative estimate of drug-likeness (QED) is 0.743. The summed E-state index contributed by atoms with van der Waals surface area (Å²) < 4.78 is 0. The number of aliphatic hydroxyl groups excluding tert-OH is 1. The molecule has 19 heavy (non-hydrogen) atoms. The first-order valence-corrected chi connectivity index (χ1v) is 7.04. The third-order valence-electron chi connectivity index (χ3n) is 3.50. The topological polar surface area (TPSA) is 69.6 Å². The fourth-order valence-corrected chi connectivity index (χ4v) is 2.29. The highest BCUT2D eigenvalue weighted by atomic mass is 16.3. The third kappa shape index (κ3) is 4.49. The summed E-state index contributed by atoms with van der Waals surface area (Å²) in [5, 5.41) is 12.1. The molecule has 5 nitrogen and oxygen atoms in total. The molecular weight excluding hydrogens is 244 g/mol. The summed E-state index contributed by atoms with van der Waals surface area (Å²) in [6.07, 6.45) is 0.287. The molecular formula is C14H26N2O3. The van der Waals surface area contributed by atoms with Gasteiger partial charge < -0.3 is 15.3 Å². The summed E-state index contributed by atoms with van der Waals surface area (Å²) >= 11 is 0. The first-order valence-electron chi connectivity index (χ1n) is 7.04. The number of rotatable bonds is 6. The second-order valence-electron chi connectivity index (χ2n) is 6.14. The summed E-state index contributed by atoms with van der Waals surface area (Å²) in [5.41, 5.74) is 0. The van der Waals surface area contributed by atoms with Crippen LogP contribution in [0.1, 0.15) is 34.1 Å². The van der Waals surface area contributed by atoms with E-state index in [1.807, 2.05) is 13.8 Å². The van der Waals surface area contributed by atoms with Gasteiger partial charge in [0.2, 0.25) is 11.8 Å². The number of amides is 2. The van der Waals surface area contributed by atoms with E-state index >= 15 is 0 Å². The zero-order valence-electron chi connectivity index (χ0n) is 12.3. The zero-order chi connectivity index (χ0) is 14.6. The van der Waals surface area contributed by atoms with Gasteiger partial charge in [0.15, 0.2) is 0 Å². The Kier molecular flexibility index (Phi) is 5.79. The molecule has 1 aliphatic heterocycles. The van der Waals surface area contributed by atoms with Crippen LogP contribution >= 0.6 is 0 Å². The Bertz CT molecular complexity index is 329. The van der Waals surface area contributed by atoms with Crippen LogP contribution in [-0.4, -0.2) is 47.6 Å². The molecule has 0 aliphatic carbocycles. The maximum Gasteiger partial charge on any atom is 0.225 e. The average molecular weight is 270 g/mol. The average Bonchev–Trinajstić information content (AvgIpc) is 2.66. The maximum atomic E-state index is 12.1. The van der Waals surface area contributed by atoms with E-state index in [2.05, 4.69) is 19.2 Å². The van der Waals surface area contributed by atoms with Crippen molar-refractivity contribution in [3.63, 3.8) is 0 Å². The first kappa shape index (κ1) is 16.0. The smallest absolute Gasteiger partial charge is 0.225 e. The lowest BCUT2D eigenvalue weighted by Gasteiger charge is -2.22. The molecule has 1 aliphatic rings. The molecule has 0 spiro atoms. The minimum atomic E-state index is -0.279. The van der Waals surface area contributed by atoms with Crippen molar-refractivity contribution in [2.45, 2.75) is 40.2 Å². The molecule has 1 heterocycles. The van der Waals surface area contributed by atoms with Crippen molar-refractivity contribution < 1.29 is 14.7 Å². The number of likely N-dealkylation sites (tertiary alicyclic amines) is 1. The zero-order valence-corrected chi connectivity index (χ0v) is 12.3. The molecule has 0 aromatic carbocycles. The van der Waals surface area contributed by atoms with Gasteiger partial charge in [0, 0.05) is 19.5 Å². The summed E-state index contributed by atoms with van der Waals surface area (Å²) in [5.74, 6) is 0.245. The number of hydrogen-bond acceptors (Lipinski definition) is 3. The summed E-state index contributed by atoms with van der Waals surface area (Å²) in [7, 11) is 0. The minimum Gasteiger partial charge on any atom is -0.394 e. The van der Waals surface area contributed by atoms with Crippen LogP contribution in [0.25, 0.3) is 0 Å². The molecule has 1 saturated heterocycles. The van der Waals surface area contributed by atoms with Crippen LogP contribution in [0.5, 0.6) is 0 Å². The van der Waals surface area contributed by atoms with Gasteiger partial charge in [-0.25, -0.2) is 0 Å². The van der Waals surface area contributed by atoms with Crippen molar-refractivity contribution in [2.75, 3.05) is 19.7 Å². The SMILES string of the molecule is CC(C)CN1CC(C(=O)N[C@H](CO)C(C)C)CC1=O. The van der Waals surface area contributed by atoms with Gasteiger partial charge in [-0.05, 0) is 11.8 Å². The van der Waals surface area contributed by atoms with E-state index in [0.717, 1.165) is 0 Å². The first-order chi connectivity index (χ1) is 8.85. The molecule has 110 valence electrons. The van der Waals surface area contributed by atoms with Crippen LogP contribution in [-0.2, 0) is 9.59 Å². The molecule has 2 N–H and O–H groups in total. The number of nitrogens with zero attached hydrogens (tertiary/aromatic N) is 1. The fraction of sp³-hybridized carbons (Fsp3) is 0.857. The van der Waals surface area contributed by atoms with E-state index in [-0.39, 0.29) is 42.7 Å². The molecule has 0 aromatic rings. The summed E-state index contributed by atoms with van der Waals surface area (Å²) in [4.78, 5) is 25.7. The Balaban J connectivity index is 2.53. The van der Waals surface area contributed by atoms with E-state index < -0.39 is 0 Å². The van der Waals surface area contributed by atoms with Crippen LogP contribution in [0.15, 0.2) is 0 Å². The highest BCUT2D eigenvalue weighted by Gasteiger charge is 2.35. The normalized spacial score (nSPS) is 21.3. The van der Waals surface area contributed by atoms with E-state index in [1.165, 1.54) is 0 Å². The predicted molar refractivity (Wildman–Crippen MR) is 73.4 cm³/mol. The van der Waals surface area contributed by atoms with Gasteiger partial charge in [-0.3, -0.25) is 9.59 Å². The van der Waals surface area contributed by atoms with Gasteiger partial charge in [0.25, 0.3) is 0 Å². The van der Waals surface area contributed by atoms with Crippen molar-refractivity contribution in [1.29, 1.82) is 0 Å². The monoisotopic (exact) mass is 270 g/mol. The number of aliphatic hydroxyl groups is 1. The molecule has 1 fully saturated rings. The van der Waals surface area contributed by atoms with Crippen LogP contribution in [0.4, 0.5) is 0 Å². The van der Waals surface area contributed by atoms with Crippen molar-refractivity contribution in [2.24, 2.45) is 17.8 Å². The van der Waals surface area contributed by atoms with E-state index in [0.29, 0.717) is 19.0 Å². The van der Waals surface area contributed by atoms with Crippen LogP contribution in [0.2, 0.25) is 0 Å².